The van der Waals surface area contributed by atoms with E-state index in [1.807, 2.05) is 19.9 Å². The Balaban J connectivity index is 2.08. The number of hydrogen-bond donors (Lipinski definition) is 0. The van der Waals surface area contributed by atoms with Crippen molar-refractivity contribution in [2.45, 2.75) is 39.5 Å². The third-order valence-corrected chi connectivity index (χ3v) is 5.26. The number of ketones is 1. The van der Waals surface area contributed by atoms with E-state index in [1.165, 1.54) is 23.4 Å². The second-order valence-electron chi connectivity index (χ2n) is 5.25. The number of aryl methyl sites for hydroxylation is 3. The average Bonchev–Trinajstić information content (AvgIpc) is 2.98. The normalized spacial score (nSPS) is 14.3. The lowest BCUT2D eigenvalue weighted by molar-refractivity contribution is 0.102. The molecule has 2 aromatic rings. The molecular formula is C15H17ClN2OS. The Morgan fingerprint density at radius 3 is 2.85 bits per heavy atom. The van der Waals surface area contributed by atoms with Crippen LogP contribution in [0.2, 0.25) is 0 Å². The molecule has 1 aliphatic rings. The van der Waals surface area contributed by atoms with E-state index in [0.29, 0.717) is 5.56 Å². The molecule has 3 rings (SSSR count). The molecule has 1 aliphatic carbocycles. The van der Waals surface area contributed by atoms with Crippen molar-refractivity contribution in [3.63, 3.8) is 0 Å². The molecule has 2 heterocycles. The number of Topliss-reactive ketones (excluding diaryl/α,β-unsaturated/α-hetero) is 1. The van der Waals surface area contributed by atoms with E-state index in [2.05, 4.69) is 4.57 Å². The van der Waals surface area contributed by atoms with Crippen LogP contribution in [0, 0.1) is 13.8 Å². The molecule has 3 nitrogen and oxygen atoms in total. The molecule has 0 aliphatic heterocycles. The standard InChI is InChI=1S/C15H17ClN2OS/c1-9-7-11(13(19)8-16)10(2)18(9)15-17-12-5-3-4-6-14(12)20-15/h7H,3-6,8H2,1-2H3. The summed E-state index contributed by atoms with van der Waals surface area (Å²) in [7, 11) is 0. The van der Waals surface area contributed by atoms with Crippen LogP contribution in [0.4, 0.5) is 0 Å². The maximum Gasteiger partial charge on any atom is 0.194 e. The second kappa shape index (κ2) is 5.34. The predicted octanol–water partition coefficient (Wildman–Crippen LogP) is 3.85. The zero-order chi connectivity index (χ0) is 14.3. The van der Waals surface area contributed by atoms with E-state index in [-0.39, 0.29) is 11.7 Å². The zero-order valence-electron chi connectivity index (χ0n) is 11.7. The van der Waals surface area contributed by atoms with Gasteiger partial charge in [0.1, 0.15) is 0 Å². The fourth-order valence-corrected chi connectivity index (χ4v) is 4.25. The first-order chi connectivity index (χ1) is 9.61. The van der Waals surface area contributed by atoms with Crippen LogP contribution in [0.3, 0.4) is 0 Å². The molecule has 0 spiro atoms. The van der Waals surface area contributed by atoms with Crippen molar-refractivity contribution in [2.75, 3.05) is 5.88 Å². The average molecular weight is 309 g/mol. The maximum absolute atomic E-state index is 11.9. The van der Waals surface area contributed by atoms with Gasteiger partial charge in [0.15, 0.2) is 10.9 Å². The van der Waals surface area contributed by atoms with Gasteiger partial charge < -0.3 is 0 Å². The number of aromatic nitrogens is 2. The Labute approximate surface area is 127 Å². The molecule has 0 atom stereocenters. The van der Waals surface area contributed by atoms with Crippen molar-refractivity contribution in [3.05, 3.63) is 33.6 Å². The molecule has 0 radical (unpaired) electrons. The monoisotopic (exact) mass is 308 g/mol. The Bertz CT molecular complexity index is 648. The fourth-order valence-electron chi connectivity index (χ4n) is 2.85. The van der Waals surface area contributed by atoms with Gasteiger partial charge >= 0.3 is 0 Å². The molecule has 0 bridgehead atoms. The second-order valence-corrected chi connectivity index (χ2v) is 6.58. The van der Waals surface area contributed by atoms with Gasteiger partial charge in [0, 0.05) is 21.8 Å². The number of alkyl halides is 1. The SMILES string of the molecule is Cc1cc(C(=O)CCl)c(C)n1-c1nc2c(s1)CCCC2. The van der Waals surface area contributed by atoms with Gasteiger partial charge in [0.2, 0.25) is 0 Å². The van der Waals surface area contributed by atoms with Gasteiger partial charge in [-0.05, 0) is 45.6 Å². The van der Waals surface area contributed by atoms with Crippen LogP contribution >= 0.6 is 22.9 Å². The van der Waals surface area contributed by atoms with E-state index in [1.54, 1.807) is 11.3 Å². The summed E-state index contributed by atoms with van der Waals surface area (Å²) in [6, 6.07) is 1.92. The number of nitrogens with zero attached hydrogens (tertiary/aromatic N) is 2. The molecular weight excluding hydrogens is 292 g/mol. The van der Waals surface area contributed by atoms with Crippen LogP contribution in [-0.2, 0) is 12.8 Å². The van der Waals surface area contributed by atoms with Crippen molar-refractivity contribution in [1.82, 2.24) is 9.55 Å². The lowest BCUT2D eigenvalue weighted by atomic mass is 10.0. The van der Waals surface area contributed by atoms with Gasteiger partial charge in [-0.2, -0.15) is 0 Å². The highest BCUT2D eigenvalue weighted by molar-refractivity contribution is 7.14. The minimum Gasteiger partial charge on any atom is -0.294 e. The van der Waals surface area contributed by atoms with Crippen LogP contribution in [0.15, 0.2) is 6.07 Å². The van der Waals surface area contributed by atoms with Crippen molar-refractivity contribution in [1.29, 1.82) is 0 Å². The lowest BCUT2D eigenvalue weighted by Crippen LogP contribution is -2.04. The third-order valence-electron chi connectivity index (χ3n) is 3.88. The number of fused-ring (bicyclic) bond motifs is 1. The third kappa shape index (κ3) is 2.21. The summed E-state index contributed by atoms with van der Waals surface area (Å²) in [5.41, 5.74) is 3.95. The molecule has 0 fully saturated rings. The minimum atomic E-state index is -0.0210. The fraction of sp³-hybridized carbons (Fsp3) is 0.467. The van der Waals surface area contributed by atoms with Crippen molar-refractivity contribution in [2.24, 2.45) is 0 Å². The van der Waals surface area contributed by atoms with Crippen LogP contribution in [0.25, 0.3) is 5.13 Å². The Kier molecular flexibility index (Phi) is 3.69. The van der Waals surface area contributed by atoms with Gasteiger partial charge in [-0.1, -0.05) is 0 Å². The summed E-state index contributed by atoms with van der Waals surface area (Å²) in [6.07, 6.45) is 4.71. The number of rotatable bonds is 3. The molecule has 20 heavy (non-hydrogen) atoms. The Hall–Kier alpha value is -1.13. The van der Waals surface area contributed by atoms with E-state index < -0.39 is 0 Å². The zero-order valence-corrected chi connectivity index (χ0v) is 13.3. The maximum atomic E-state index is 11.9. The summed E-state index contributed by atoms with van der Waals surface area (Å²) in [6.45, 7) is 3.98. The molecule has 5 heteroatoms. The lowest BCUT2D eigenvalue weighted by Gasteiger charge is -2.06. The van der Waals surface area contributed by atoms with E-state index in [4.69, 9.17) is 16.6 Å². The highest BCUT2D eigenvalue weighted by Crippen LogP contribution is 2.31. The first kappa shape index (κ1) is 13.8. The summed E-state index contributed by atoms with van der Waals surface area (Å²) in [5, 5.41) is 0.987. The number of hydrogen-bond acceptors (Lipinski definition) is 3. The highest BCUT2D eigenvalue weighted by atomic mass is 35.5. The Morgan fingerprint density at radius 1 is 1.40 bits per heavy atom. The first-order valence-electron chi connectivity index (χ1n) is 6.89. The number of halogens is 1. The number of carbonyl (C=O) groups excluding carboxylic acids is 1. The van der Waals surface area contributed by atoms with Crippen LogP contribution in [0.5, 0.6) is 0 Å². The van der Waals surface area contributed by atoms with E-state index >= 15 is 0 Å². The van der Waals surface area contributed by atoms with Crippen LogP contribution in [0.1, 0.15) is 45.2 Å². The van der Waals surface area contributed by atoms with E-state index in [0.717, 1.165) is 29.4 Å². The molecule has 0 amide bonds. The largest absolute Gasteiger partial charge is 0.294 e. The summed E-state index contributed by atoms with van der Waals surface area (Å²) in [5.74, 6) is 0.00547. The minimum absolute atomic E-state index is 0.0210. The summed E-state index contributed by atoms with van der Waals surface area (Å²) >= 11 is 7.43. The van der Waals surface area contributed by atoms with Gasteiger partial charge in [-0.25, -0.2) is 4.98 Å². The van der Waals surface area contributed by atoms with Crippen LogP contribution < -0.4 is 0 Å². The quantitative estimate of drug-likeness (QED) is 0.637. The van der Waals surface area contributed by atoms with Gasteiger partial charge in [-0.15, -0.1) is 22.9 Å². The first-order valence-corrected chi connectivity index (χ1v) is 8.24. The smallest absolute Gasteiger partial charge is 0.194 e. The molecule has 2 aromatic heterocycles. The van der Waals surface area contributed by atoms with Gasteiger partial charge in [-0.3, -0.25) is 9.36 Å². The number of carbonyl (C=O) groups is 1. The Morgan fingerprint density at radius 2 is 2.15 bits per heavy atom. The highest BCUT2D eigenvalue weighted by Gasteiger charge is 2.20. The molecule has 0 unspecified atom stereocenters. The van der Waals surface area contributed by atoms with Gasteiger partial charge in [0.25, 0.3) is 0 Å². The predicted molar refractivity (Wildman–Crippen MR) is 82.6 cm³/mol. The molecule has 0 saturated heterocycles. The van der Waals surface area contributed by atoms with E-state index in [9.17, 15) is 4.79 Å². The van der Waals surface area contributed by atoms with Crippen molar-refractivity contribution >= 4 is 28.7 Å². The summed E-state index contributed by atoms with van der Waals surface area (Å²) < 4.78 is 2.09. The molecule has 106 valence electrons. The van der Waals surface area contributed by atoms with Crippen molar-refractivity contribution < 1.29 is 4.79 Å². The topological polar surface area (TPSA) is 34.9 Å². The molecule has 0 aromatic carbocycles. The van der Waals surface area contributed by atoms with Gasteiger partial charge in [0.05, 0.1) is 11.6 Å². The number of thiazole rings is 1. The van der Waals surface area contributed by atoms with Crippen LogP contribution in [-0.4, -0.2) is 21.2 Å². The molecule has 0 saturated carbocycles. The van der Waals surface area contributed by atoms with Crippen molar-refractivity contribution in [3.8, 4) is 5.13 Å². The summed E-state index contributed by atoms with van der Waals surface area (Å²) in [4.78, 5) is 18.0. The molecule has 0 N–H and O–H groups in total.